The number of benzene rings is 3. The number of hydrogen-bond donors (Lipinski definition) is 0. The highest BCUT2D eigenvalue weighted by Crippen LogP contribution is 2.51. The second-order valence-electron chi connectivity index (χ2n) is 9.79. The Labute approximate surface area is 198 Å². The lowest BCUT2D eigenvalue weighted by Gasteiger charge is -2.34. The van der Waals surface area contributed by atoms with E-state index in [2.05, 4.69) is 76.4 Å². The van der Waals surface area contributed by atoms with Crippen molar-refractivity contribution in [3.8, 4) is 0 Å². The predicted molar refractivity (Wildman–Crippen MR) is 139 cm³/mol. The Bertz CT molecular complexity index is 1190. The van der Waals surface area contributed by atoms with Gasteiger partial charge in [-0.15, -0.1) is 13.2 Å². The molecule has 1 unspecified atom stereocenters. The van der Waals surface area contributed by atoms with Crippen LogP contribution in [0.2, 0.25) is 0 Å². The van der Waals surface area contributed by atoms with Crippen LogP contribution in [0.25, 0.3) is 0 Å². The summed E-state index contributed by atoms with van der Waals surface area (Å²) in [5.74, 6) is 0.0840. The fourth-order valence-electron chi connectivity index (χ4n) is 5.01. The summed E-state index contributed by atoms with van der Waals surface area (Å²) in [5, 5.41) is 0. The van der Waals surface area contributed by atoms with Crippen LogP contribution in [0, 0.1) is 0 Å². The molecule has 4 rings (SSSR count). The van der Waals surface area contributed by atoms with E-state index in [1.165, 1.54) is 11.1 Å². The van der Waals surface area contributed by atoms with Crippen LogP contribution >= 0.6 is 0 Å². The Kier molecular flexibility index (Phi) is 6.12. The molecule has 1 amide bonds. The summed E-state index contributed by atoms with van der Waals surface area (Å²) in [6, 6.07) is 25.2. The van der Waals surface area contributed by atoms with Crippen LogP contribution in [0.5, 0.6) is 0 Å². The summed E-state index contributed by atoms with van der Waals surface area (Å²) in [5.41, 5.74) is 5.55. The molecule has 0 saturated heterocycles. The first-order valence-corrected chi connectivity index (χ1v) is 11.7. The molecule has 1 heterocycles. The zero-order chi connectivity index (χ0) is 23.6. The van der Waals surface area contributed by atoms with E-state index in [-0.39, 0.29) is 11.3 Å². The predicted octanol–water partition coefficient (Wildman–Crippen LogP) is 6.97. The van der Waals surface area contributed by atoms with Crippen molar-refractivity contribution in [3.63, 3.8) is 0 Å². The smallest absolute Gasteiger partial charge is 0.247 e. The van der Waals surface area contributed by atoms with Crippen molar-refractivity contribution in [2.75, 3.05) is 11.4 Å². The van der Waals surface area contributed by atoms with Crippen molar-refractivity contribution in [2.24, 2.45) is 0 Å². The first-order valence-electron chi connectivity index (χ1n) is 11.7. The second-order valence-corrected chi connectivity index (χ2v) is 9.79. The molecule has 2 nitrogen and oxygen atoms in total. The third-order valence-corrected chi connectivity index (χ3v) is 6.68. The zero-order valence-corrected chi connectivity index (χ0v) is 20.0. The highest BCUT2D eigenvalue weighted by atomic mass is 16.2. The van der Waals surface area contributed by atoms with Gasteiger partial charge in [0.2, 0.25) is 5.91 Å². The van der Waals surface area contributed by atoms with E-state index in [0.717, 1.165) is 35.2 Å². The minimum absolute atomic E-state index is 0.0361. The molecule has 0 bridgehead atoms. The molecule has 0 N–H and O–H groups in total. The van der Waals surface area contributed by atoms with Crippen molar-refractivity contribution in [2.45, 2.75) is 44.4 Å². The van der Waals surface area contributed by atoms with Gasteiger partial charge in [-0.3, -0.25) is 4.79 Å². The highest BCUT2D eigenvalue weighted by molar-refractivity contribution is 6.13. The molecule has 1 aliphatic heterocycles. The molecule has 0 radical (unpaired) electrons. The van der Waals surface area contributed by atoms with E-state index in [4.69, 9.17) is 0 Å². The monoisotopic (exact) mass is 435 g/mol. The van der Waals surface area contributed by atoms with Crippen LogP contribution in [-0.2, 0) is 22.0 Å². The van der Waals surface area contributed by atoms with E-state index in [9.17, 15) is 4.79 Å². The van der Waals surface area contributed by atoms with E-state index < -0.39 is 5.41 Å². The number of hydrogen-bond acceptors (Lipinski definition) is 1. The molecule has 0 aliphatic carbocycles. The lowest BCUT2D eigenvalue weighted by atomic mass is 9.67. The lowest BCUT2D eigenvalue weighted by molar-refractivity contribution is -0.120. The van der Waals surface area contributed by atoms with Crippen molar-refractivity contribution in [1.29, 1.82) is 0 Å². The highest BCUT2D eigenvalue weighted by Gasteiger charge is 2.53. The fourth-order valence-corrected chi connectivity index (χ4v) is 5.01. The minimum atomic E-state index is -0.904. The molecule has 0 aromatic heterocycles. The lowest BCUT2D eigenvalue weighted by Crippen LogP contribution is -2.43. The Morgan fingerprint density at radius 2 is 1.58 bits per heavy atom. The van der Waals surface area contributed by atoms with Gasteiger partial charge in [0, 0.05) is 17.8 Å². The summed E-state index contributed by atoms with van der Waals surface area (Å²) < 4.78 is 0. The van der Waals surface area contributed by atoms with Crippen LogP contribution in [0.15, 0.2) is 98.1 Å². The summed E-state index contributed by atoms with van der Waals surface area (Å²) >= 11 is 0. The molecule has 3 aromatic carbocycles. The first kappa shape index (κ1) is 22.8. The number of allylic oxidation sites excluding steroid dienone is 1. The zero-order valence-electron chi connectivity index (χ0n) is 20.0. The third-order valence-electron chi connectivity index (χ3n) is 6.68. The Morgan fingerprint density at radius 3 is 2.24 bits per heavy atom. The van der Waals surface area contributed by atoms with Crippen LogP contribution < -0.4 is 4.90 Å². The van der Waals surface area contributed by atoms with E-state index in [0.29, 0.717) is 6.54 Å². The molecule has 3 aromatic rings. The van der Waals surface area contributed by atoms with Crippen molar-refractivity contribution in [3.05, 3.63) is 126 Å². The van der Waals surface area contributed by atoms with Crippen molar-refractivity contribution >= 4 is 11.6 Å². The molecular weight excluding hydrogens is 402 g/mol. The Hall–Kier alpha value is -3.39. The van der Waals surface area contributed by atoms with Crippen molar-refractivity contribution in [1.82, 2.24) is 0 Å². The summed E-state index contributed by atoms with van der Waals surface area (Å²) in [4.78, 5) is 16.4. The molecule has 1 aliphatic rings. The minimum Gasteiger partial charge on any atom is -0.307 e. The van der Waals surface area contributed by atoms with Gasteiger partial charge < -0.3 is 4.90 Å². The SMILES string of the molecule is C=CCCc1ccc(C(C)(C)C)cc1C1(c2ccccc2)C(=O)N(CC=C)c2ccccc21. The van der Waals surface area contributed by atoms with Gasteiger partial charge in [0.1, 0.15) is 5.41 Å². The molecular formula is C31H33NO. The molecule has 1 atom stereocenters. The number of rotatable bonds is 7. The van der Waals surface area contributed by atoms with E-state index >= 15 is 0 Å². The number of fused-ring (bicyclic) bond motifs is 1. The van der Waals surface area contributed by atoms with Gasteiger partial charge >= 0.3 is 0 Å². The third kappa shape index (κ3) is 3.74. The number of aryl methyl sites for hydroxylation is 1. The number of carbonyl (C=O) groups excluding carboxylic acids is 1. The maximum Gasteiger partial charge on any atom is 0.247 e. The molecule has 0 saturated carbocycles. The number of carbonyl (C=O) groups is 1. The number of nitrogens with zero attached hydrogens (tertiary/aromatic N) is 1. The van der Waals surface area contributed by atoms with Crippen molar-refractivity contribution < 1.29 is 4.79 Å². The van der Waals surface area contributed by atoms with E-state index in [1.54, 1.807) is 6.08 Å². The number of amides is 1. The number of anilines is 1. The van der Waals surface area contributed by atoms with Gasteiger partial charge in [-0.25, -0.2) is 0 Å². The maximum absolute atomic E-state index is 14.5. The van der Waals surface area contributed by atoms with Gasteiger partial charge in [0.25, 0.3) is 0 Å². The molecule has 0 fully saturated rings. The van der Waals surface area contributed by atoms with Crippen LogP contribution in [0.1, 0.15) is 55.0 Å². The first-order chi connectivity index (χ1) is 15.9. The van der Waals surface area contributed by atoms with Gasteiger partial charge in [0.15, 0.2) is 0 Å². The average Bonchev–Trinajstić information content (AvgIpc) is 3.06. The summed E-state index contributed by atoms with van der Waals surface area (Å²) in [6.45, 7) is 15.0. The summed E-state index contributed by atoms with van der Waals surface area (Å²) in [7, 11) is 0. The maximum atomic E-state index is 14.5. The summed E-state index contributed by atoms with van der Waals surface area (Å²) in [6.07, 6.45) is 5.46. The normalized spacial score (nSPS) is 17.7. The topological polar surface area (TPSA) is 20.3 Å². The van der Waals surface area contributed by atoms with Gasteiger partial charge in [-0.1, -0.05) is 99.7 Å². The quantitative estimate of drug-likeness (QED) is 0.367. The Balaban J connectivity index is 2.13. The molecule has 168 valence electrons. The Morgan fingerprint density at radius 1 is 0.879 bits per heavy atom. The largest absolute Gasteiger partial charge is 0.307 e. The van der Waals surface area contributed by atoms with Gasteiger partial charge in [0.05, 0.1) is 0 Å². The standard InChI is InChI=1S/C31H33NO/c1-6-8-14-23-19-20-25(30(3,4)5)22-27(23)31(24-15-10-9-11-16-24)26-17-12-13-18-28(26)32(21-7-2)29(31)33/h6-7,9-13,15-20,22H,1-2,8,14,21H2,3-5H3. The second kappa shape index (κ2) is 8.86. The molecule has 0 spiro atoms. The average molecular weight is 436 g/mol. The van der Waals surface area contributed by atoms with Crippen LogP contribution in [0.4, 0.5) is 5.69 Å². The van der Waals surface area contributed by atoms with Crippen LogP contribution in [0.3, 0.4) is 0 Å². The number of para-hydroxylation sites is 1. The molecule has 2 heteroatoms. The molecule has 33 heavy (non-hydrogen) atoms. The van der Waals surface area contributed by atoms with Gasteiger partial charge in [-0.05, 0) is 46.6 Å². The van der Waals surface area contributed by atoms with Crippen LogP contribution in [-0.4, -0.2) is 12.5 Å². The van der Waals surface area contributed by atoms with E-state index in [1.807, 2.05) is 41.3 Å². The fraction of sp³-hybridized carbons (Fsp3) is 0.258. The van der Waals surface area contributed by atoms with Gasteiger partial charge in [-0.2, -0.15) is 0 Å².